The first-order valence-electron chi connectivity index (χ1n) is 20.7. The summed E-state index contributed by atoms with van der Waals surface area (Å²) in [6, 6.07) is 11.2. The maximum Gasteiger partial charge on any atom is 1.00 e. The summed E-state index contributed by atoms with van der Waals surface area (Å²) in [7, 11) is 6.22. The number of aliphatic hydroxyl groups is 1. The van der Waals surface area contributed by atoms with Gasteiger partial charge in [0, 0.05) is 90.9 Å². The van der Waals surface area contributed by atoms with Crippen LogP contribution in [0, 0.1) is 11.3 Å². The van der Waals surface area contributed by atoms with E-state index in [0.29, 0.717) is 50.2 Å². The third-order valence-electron chi connectivity index (χ3n) is 14.8. The first-order valence-corrected chi connectivity index (χ1v) is 22.2. The predicted molar refractivity (Wildman–Crippen MR) is 221 cm³/mol. The predicted octanol–water partition coefficient (Wildman–Crippen LogP) is 0.0690. The second-order valence-electron chi connectivity index (χ2n) is 17.3. The molecule has 1 aliphatic carbocycles. The average Bonchev–Trinajstić information content (AvgIpc) is 3.90. The third kappa shape index (κ3) is 6.40. The number of hydrogen-bond donors (Lipinski definition) is 2. The fraction of sp³-hybridized carbons (Fsp3) is 0.533. The summed E-state index contributed by atoms with van der Waals surface area (Å²) < 4.78 is 40.8. The summed E-state index contributed by atoms with van der Waals surface area (Å²) in [6.07, 6.45) is 7.67. The van der Waals surface area contributed by atoms with Crippen molar-refractivity contribution in [3.8, 4) is 5.75 Å². The van der Waals surface area contributed by atoms with Crippen molar-refractivity contribution in [3.05, 3.63) is 82.6 Å². The largest absolute Gasteiger partial charge is 1.00 e. The Morgan fingerprint density at radius 2 is 1.75 bits per heavy atom. The number of H-pyrrole nitrogens is 1. The SMILES string of the molecule is CCC1=C[C@@H]2CN(C1)Cc1c([nH]c3ccccc13)[C@@](C(=O)OC)(c1cc3c(cc1OC)N(C)[C@H]1[C@@](O)(C(=O)OC)[C@H](OC(C)=O)[C@]4(CC)C=CCN5CC[C@]31[C@@H]54)C2.O=[As][O-].[Na+]. The fourth-order valence-electron chi connectivity index (χ4n) is 12.8. The molecule has 6 aliphatic rings. The number of carbonyl (C=O) groups excluding carboxylic acids is 3. The van der Waals surface area contributed by atoms with Gasteiger partial charge in [0.25, 0.3) is 0 Å². The summed E-state index contributed by atoms with van der Waals surface area (Å²) in [5.41, 5.74) is 1.05. The Morgan fingerprint density at radius 1 is 1.03 bits per heavy atom. The van der Waals surface area contributed by atoms with Gasteiger partial charge in [-0.25, -0.2) is 4.79 Å². The molecule has 14 nitrogen and oxygen atoms in total. The molecular weight excluding hydrogens is 854 g/mol. The normalized spacial score (nSPS) is 33.0. The van der Waals surface area contributed by atoms with Crippen LogP contribution in [-0.4, -0.2) is 132 Å². The number of likely N-dealkylation sites (N-methyl/N-ethyl adjacent to an activating group) is 1. The number of aromatic amines is 1. The van der Waals surface area contributed by atoms with E-state index in [0.717, 1.165) is 52.9 Å². The number of ether oxygens (including phenoxy) is 4. The number of benzene rings is 2. The van der Waals surface area contributed by atoms with Crippen molar-refractivity contribution in [3.63, 3.8) is 0 Å². The molecule has 1 saturated carbocycles. The molecule has 9 rings (SSSR count). The molecule has 9 atom stereocenters. The molecule has 16 heteroatoms. The van der Waals surface area contributed by atoms with E-state index < -0.39 is 62.0 Å². The Labute approximate surface area is 385 Å². The molecule has 6 heterocycles. The van der Waals surface area contributed by atoms with Crippen LogP contribution in [0.2, 0.25) is 0 Å². The van der Waals surface area contributed by atoms with Crippen LogP contribution in [0.3, 0.4) is 0 Å². The van der Waals surface area contributed by atoms with Crippen molar-refractivity contribution in [1.29, 1.82) is 0 Å². The topological polar surface area (TPSA) is 174 Å². The zero-order valence-electron chi connectivity index (χ0n) is 36.3. The Kier molecular flexibility index (Phi) is 12.7. The number of para-hydroxylation sites is 1. The van der Waals surface area contributed by atoms with Crippen molar-refractivity contribution in [1.82, 2.24) is 14.8 Å². The number of aromatic nitrogens is 1. The van der Waals surface area contributed by atoms with Gasteiger partial charge in [0.1, 0.15) is 11.2 Å². The molecule has 320 valence electrons. The van der Waals surface area contributed by atoms with Gasteiger partial charge in [-0.15, -0.1) is 0 Å². The molecule has 2 fully saturated rings. The van der Waals surface area contributed by atoms with Gasteiger partial charge in [-0.2, -0.15) is 0 Å². The minimum atomic E-state index is -2.27. The van der Waals surface area contributed by atoms with E-state index >= 15 is 4.79 Å². The Bertz CT molecular complexity index is 2320. The van der Waals surface area contributed by atoms with E-state index in [1.807, 2.05) is 37.1 Å². The van der Waals surface area contributed by atoms with Crippen LogP contribution in [-0.2, 0) is 49.7 Å². The zero-order valence-corrected chi connectivity index (χ0v) is 40.2. The molecule has 0 amide bonds. The molecule has 1 unspecified atom stereocenters. The third-order valence-corrected chi connectivity index (χ3v) is 14.8. The maximum atomic E-state index is 15.2. The van der Waals surface area contributed by atoms with Crippen LogP contribution in [0.15, 0.2) is 60.2 Å². The van der Waals surface area contributed by atoms with Gasteiger partial charge in [-0.1, -0.05) is 55.8 Å². The Morgan fingerprint density at radius 3 is 2.41 bits per heavy atom. The fourth-order valence-corrected chi connectivity index (χ4v) is 12.8. The second-order valence-corrected chi connectivity index (χ2v) is 17.6. The maximum absolute atomic E-state index is 15.2. The van der Waals surface area contributed by atoms with Crippen LogP contribution in [0.4, 0.5) is 5.69 Å². The van der Waals surface area contributed by atoms with Crippen LogP contribution in [0.25, 0.3) is 10.9 Å². The molecule has 3 aromatic rings. The minimum Gasteiger partial charge on any atom is 1.00 e. The number of fused-ring (bicyclic) bond motifs is 6. The molecule has 2 aromatic carbocycles. The number of nitrogens with zero attached hydrogens (tertiary/aromatic N) is 3. The van der Waals surface area contributed by atoms with E-state index in [-0.39, 0.29) is 47.5 Å². The smallest absolute Gasteiger partial charge is 1.00 e. The number of anilines is 1. The van der Waals surface area contributed by atoms with Crippen LogP contribution in [0.1, 0.15) is 68.8 Å². The van der Waals surface area contributed by atoms with Gasteiger partial charge in [-0.05, 0) is 61.4 Å². The number of rotatable bonds is 7. The van der Waals surface area contributed by atoms with Gasteiger partial charge in [0.05, 0.1) is 27.4 Å². The first kappa shape index (κ1) is 45.7. The summed E-state index contributed by atoms with van der Waals surface area (Å²) in [4.78, 5) is 53.1. The Balaban J connectivity index is 0.00000136. The van der Waals surface area contributed by atoms with Gasteiger partial charge in [0.15, 0.2) is 6.10 Å². The number of methoxy groups -OCH3 is 3. The van der Waals surface area contributed by atoms with Crippen molar-refractivity contribution >= 4 is 50.5 Å². The van der Waals surface area contributed by atoms with Crippen molar-refractivity contribution in [2.75, 3.05) is 59.5 Å². The van der Waals surface area contributed by atoms with Gasteiger partial charge in [-0.3, -0.25) is 19.4 Å². The van der Waals surface area contributed by atoms with E-state index in [2.05, 4.69) is 58.1 Å². The summed E-state index contributed by atoms with van der Waals surface area (Å²) >= 11 is -1.81. The molecule has 2 bridgehead atoms. The summed E-state index contributed by atoms with van der Waals surface area (Å²) in [5.74, 6) is -1.31. The van der Waals surface area contributed by atoms with Gasteiger partial charge in [0.2, 0.25) is 5.60 Å². The van der Waals surface area contributed by atoms with Crippen LogP contribution >= 0.6 is 0 Å². The van der Waals surface area contributed by atoms with Crippen molar-refractivity contribution < 1.29 is 75.8 Å². The Hall–Kier alpha value is -3.33. The van der Waals surface area contributed by atoms with Gasteiger partial charge < -0.3 is 33.9 Å². The molecule has 0 radical (unpaired) electrons. The number of esters is 3. The van der Waals surface area contributed by atoms with E-state index in [1.165, 1.54) is 26.7 Å². The number of nitrogens with one attached hydrogen (secondary N) is 1. The second kappa shape index (κ2) is 17.0. The van der Waals surface area contributed by atoms with Crippen molar-refractivity contribution in [2.24, 2.45) is 11.3 Å². The summed E-state index contributed by atoms with van der Waals surface area (Å²) in [5, 5.41) is 14.4. The first-order chi connectivity index (χ1) is 28.8. The number of hydrogen-bond acceptors (Lipinski definition) is 13. The molecule has 1 aromatic heterocycles. The average molecular weight is 909 g/mol. The molecule has 1 saturated heterocycles. The number of carbonyl (C=O) groups is 3. The standard InChI is InChI=1S/C45H54N4O8.AsHO2.Na/c1-8-27-19-28-22-44(40(51)55-6,36-30(25-48(23-27)24-28)29-13-10-11-14-33(29)46-36)32-20-31-34(21-35(32)54-5)47(4)38-43(31)16-18-49-17-12-15-42(9-2,37(43)49)39(57-26(3)50)45(38,53)41(52)56-7;2-1-3;/h10-15,19-21,28,37-39,46,53H,8-9,16-18,22-25H2,1-7H3;(H,2,3);/q;;+1/p-1/t28-,37-,38+,39+,42+,43+,44-,45-;;/m0../s1. The van der Waals surface area contributed by atoms with E-state index in [4.69, 9.17) is 26.8 Å². The molecule has 61 heavy (non-hydrogen) atoms. The van der Waals surface area contributed by atoms with Crippen LogP contribution in [0.5, 0.6) is 5.75 Å². The zero-order chi connectivity index (χ0) is 42.9. The molecule has 2 N–H and O–H groups in total. The summed E-state index contributed by atoms with van der Waals surface area (Å²) in [6.45, 7) is 9.19. The van der Waals surface area contributed by atoms with E-state index in [9.17, 15) is 14.7 Å². The quantitative estimate of drug-likeness (QED) is 0.141. The molecule has 5 aliphatic heterocycles. The minimum absolute atomic E-state index is 0. The molecular formula is C45H54AsN4NaO10. The van der Waals surface area contributed by atoms with E-state index in [1.54, 1.807) is 7.11 Å². The van der Waals surface area contributed by atoms with Crippen molar-refractivity contribution in [2.45, 2.75) is 87.6 Å². The monoisotopic (exact) mass is 908 g/mol. The molecule has 1 spiro atoms. The van der Waals surface area contributed by atoms with Crippen LogP contribution < -0.4 is 43.3 Å². The van der Waals surface area contributed by atoms with Gasteiger partial charge >= 0.3 is 71.3 Å².